The van der Waals surface area contributed by atoms with Crippen molar-refractivity contribution in [3.63, 3.8) is 0 Å². The minimum Gasteiger partial charge on any atom is -0.334 e. The first-order valence-electron chi connectivity index (χ1n) is 32.1. The van der Waals surface area contributed by atoms with Crippen LogP contribution in [0.3, 0.4) is 0 Å². The smallest absolute Gasteiger partial charge is 0.252 e. The first-order chi connectivity index (χ1) is 39.0. The molecule has 2 unspecified atom stereocenters. The zero-order chi connectivity index (χ0) is 58.3. The monoisotopic (exact) mass is 1110 g/mol. The van der Waals surface area contributed by atoms with Crippen molar-refractivity contribution < 1.29 is 0 Å². The van der Waals surface area contributed by atoms with Gasteiger partial charge in [0.25, 0.3) is 6.71 Å². The van der Waals surface area contributed by atoms with E-state index in [1.165, 1.54) is 178 Å². The van der Waals surface area contributed by atoms with E-state index in [1.54, 1.807) is 0 Å². The van der Waals surface area contributed by atoms with Crippen LogP contribution < -0.4 is 31.1 Å². The summed E-state index contributed by atoms with van der Waals surface area (Å²) in [5.74, 6) is 0. The summed E-state index contributed by atoms with van der Waals surface area (Å²) in [6.07, 6.45) is 11.9. The minimum atomic E-state index is -0.157. The summed E-state index contributed by atoms with van der Waals surface area (Å²) in [5, 5.41) is 2.68. The topological polar surface area (TPSA) is 9.72 Å². The molecule has 4 heterocycles. The maximum atomic E-state index is 2.90. The van der Waals surface area contributed by atoms with Crippen molar-refractivity contribution >= 4 is 100 Å². The summed E-state index contributed by atoms with van der Waals surface area (Å²) >= 11 is 1.97. The largest absolute Gasteiger partial charge is 0.334 e. The summed E-state index contributed by atoms with van der Waals surface area (Å²) in [6.45, 7) is 42.7. The van der Waals surface area contributed by atoms with Gasteiger partial charge in [-0.25, -0.2) is 0 Å². The first kappa shape index (κ1) is 53.9. The Labute approximate surface area is 502 Å². The van der Waals surface area contributed by atoms with Gasteiger partial charge in [0.1, 0.15) is 0 Å². The van der Waals surface area contributed by atoms with E-state index in [1.807, 2.05) is 11.3 Å². The summed E-state index contributed by atoms with van der Waals surface area (Å²) < 4.78 is 2.70. The van der Waals surface area contributed by atoms with E-state index in [2.05, 4.69) is 248 Å². The van der Waals surface area contributed by atoms with Crippen molar-refractivity contribution in [1.82, 2.24) is 0 Å². The summed E-state index contributed by atoms with van der Waals surface area (Å²) in [5.41, 5.74) is 27.1. The number of nitrogens with zero attached hydrogens (tertiary/aromatic N) is 3. The van der Waals surface area contributed by atoms with Gasteiger partial charge in [-0.3, -0.25) is 0 Å². The van der Waals surface area contributed by atoms with Crippen LogP contribution in [-0.2, 0) is 43.3 Å². The van der Waals surface area contributed by atoms with E-state index in [0.29, 0.717) is 0 Å². The Hall–Kier alpha value is -5.78. The van der Waals surface area contributed by atoms with Crippen molar-refractivity contribution in [3.8, 4) is 0 Å². The molecule has 426 valence electrons. The lowest BCUT2D eigenvalue weighted by Crippen LogP contribution is -2.62. The zero-order valence-electron chi connectivity index (χ0n) is 53.4. The van der Waals surface area contributed by atoms with E-state index < -0.39 is 0 Å². The molecule has 1 aromatic heterocycles. The van der Waals surface area contributed by atoms with Crippen molar-refractivity contribution in [2.75, 3.05) is 14.7 Å². The Balaban J connectivity index is 1.12. The van der Waals surface area contributed by atoms with Crippen LogP contribution in [0.4, 0.5) is 45.5 Å². The Morgan fingerprint density at radius 2 is 0.916 bits per heavy atom. The van der Waals surface area contributed by atoms with Gasteiger partial charge in [-0.15, -0.1) is 11.3 Å². The molecule has 0 radical (unpaired) electrons. The number of hydrogen-bond acceptors (Lipinski definition) is 4. The quantitative estimate of drug-likeness (QED) is 0.163. The van der Waals surface area contributed by atoms with Crippen LogP contribution in [0.1, 0.15) is 226 Å². The van der Waals surface area contributed by atoms with E-state index in [-0.39, 0.29) is 55.6 Å². The highest BCUT2D eigenvalue weighted by Gasteiger charge is 2.59. The lowest BCUT2D eigenvalue weighted by atomic mass is 9.32. The SMILES string of the molecule is CC(C)(C)c1ccc2c(c1)C1(C)CCCCC1(C)N2c1cc2c3c(c1)N(c1cccc4c1sc1ccccc14)c1cc4c(cc1B3c1cc3c(cc1N2c1ccc2c(c1)C(C)(C)CCC2(C)C)C(C)(C)CCC3(C)C)C(C)(C)CCC4(C)C. The minimum absolute atomic E-state index is 0.00539. The second-order valence-corrected chi connectivity index (χ2v) is 33.9. The highest BCUT2D eigenvalue weighted by molar-refractivity contribution is 7.26. The van der Waals surface area contributed by atoms with Gasteiger partial charge in [0.2, 0.25) is 0 Å². The predicted octanol–water partition coefficient (Wildman–Crippen LogP) is 20.2. The number of hydrogen-bond donors (Lipinski definition) is 0. The van der Waals surface area contributed by atoms with Gasteiger partial charge in [0.15, 0.2) is 0 Å². The van der Waals surface area contributed by atoms with E-state index in [0.717, 1.165) is 12.8 Å². The zero-order valence-corrected chi connectivity index (χ0v) is 54.2. The summed E-state index contributed by atoms with van der Waals surface area (Å²) in [6, 6.07) is 48.2. The maximum absolute atomic E-state index is 2.90. The summed E-state index contributed by atoms with van der Waals surface area (Å²) in [7, 11) is 0. The van der Waals surface area contributed by atoms with Crippen LogP contribution >= 0.6 is 11.3 Å². The molecule has 3 nitrogen and oxygen atoms in total. The number of rotatable bonds is 3. The van der Waals surface area contributed by atoms with E-state index in [4.69, 9.17) is 0 Å². The number of thiophene rings is 1. The van der Waals surface area contributed by atoms with E-state index in [9.17, 15) is 0 Å². The van der Waals surface area contributed by atoms with Gasteiger partial charge in [-0.2, -0.15) is 0 Å². The highest BCUT2D eigenvalue weighted by Crippen LogP contribution is 2.63. The molecule has 0 amide bonds. The second kappa shape index (κ2) is 17.0. The highest BCUT2D eigenvalue weighted by atomic mass is 32.1. The van der Waals surface area contributed by atoms with Gasteiger partial charge in [0, 0.05) is 60.7 Å². The molecule has 4 aliphatic carbocycles. The molecule has 0 spiro atoms. The van der Waals surface area contributed by atoms with Crippen LogP contribution in [0, 0.1) is 0 Å². The van der Waals surface area contributed by atoms with Crippen LogP contribution in [0.2, 0.25) is 0 Å². The van der Waals surface area contributed by atoms with Crippen molar-refractivity contribution in [3.05, 3.63) is 160 Å². The molecule has 15 rings (SSSR count). The normalized spacial score (nSPS) is 24.3. The van der Waals surface area contributed by atoms with Crippen molar-refractivity contribution in [2.24, 2.45) is 0 Å². The van der Waals surface area contributed by atoms with Crippen LogP contribution in [0.15, 0.2) is 115 Å². The Bertz CT molecular complexity index is 4120. The van der Waals surface area contributed by atoms with E-state index >= 15 is 0 Å². The Morgan fingerprint density at radius 3 is 1.52 bits per heavy atom. The lowest BCUT2D eigenvalue weighted by molar-refractivity contribution is 0.195. The molecule has 7 aromatic carbocycles. The number of anilines is 8. The Morgan fingerprint density at radius 1 is 0.398 bits per heavy atom. The fraction of sp³-hybridized carbons (Fsp3) is 0.462. The van der Waals surface area contributed by atoms with Crippen molar-refractivity contribution in [2.45, 2.75) is 231 Å². The molecule has 83 heavy (non-hydrogen) atoms. The first-order valence-corrected chi connectivity index (χ1v) is 32.9. The number of benzene rings is 7. The fourth-order valence-electron chi connectivity index (χ4n) is 18.0. The average Bonchev–Trinajstić information content (AvgIpc) is 1.75. The van der Waals surface area contributed by atoms with Gasteiger partial charge < -0.3 is 14.7 Å². The third kappa shape index (κ3) is 7.40. The van der Waals surface area contributed by atoms with Gasteiger partial charge in [-0.05, 0) is 212 Å². The standard InChI is InChI=1S/C78H90BN3S/c1-70(2,3)47-27-30-61-58(39-47)77(16)31-20-21-32-78(77,17)82(61)49-41-65-68-66(42-49)81(62-25-22-24-51-50-23-18-19-26-67(50)83-69(51)62)64-46-57-55(74(10,11)36-38-76(57,14)15)44-60(64)79(68)59-43-54-56(75(12,13)37-35-73(54,8)9)45-63(59)80(65)48-28-29-52-53(40-48)72(6,7)34-33-71(52,4)5/h18-19,22-30,39-46H,20-21,31-38H2,1-17H3. The molecule has 5 heteroatoms. The molecule has 0 N–H and O–H groups in total. The molecule has 0 saturated heterocycles. The molecule has 8 aromatic rings. The molecular formula is C78H90BN3S. The maximum Gasteiger partial charge on any atom is 0.252 e. The molecular weight excluding hydrogens is 1020 g/mol. The van der Waals surface area contributed by atoms with Gasteiger partial charge in [-0.1, -0.05) is 184 Å². The molecule has 1 saturated carbocycles. The third-order valence-corrected chi connectivity index (χ3v) is 25.2. The Kier molecular flexibility index (Phi) is 11.1. The van der Waals surface area contributed by atoms with Gasteiger partial charge >= 0.3 is 0 Å². The molecule has 2 atom stereocenters. The number of fused-ring (bicyclic) bond motifs is 13. The lowest BCUT2D eigenvalue weighted by Gasteiger charge is -2.52. The molecule has 7 aliphatic rings. The van der Waals surface area contributed by atoms with Crippen LogP contribution in [0.5, 0.6) is 0 Å². The predicted molar refractivity (Wildman–Crippen MR) is 361 cm³/mol. The second-order valence-electron chi connectivity index (χ2n) is 32.8. The van der Waals surface area contributed by atoms with Crippen LogP contribution in [0.25, 0.3) is 20.2 Å². The molecule has 1 fully saturated rings. The molecule has 3 aliphatic heterocycles. The van der Waals surface area contributed by atoms with Crippen molar-refractivity contribution in [1.29, 1.82) is 0 Å². The third-order valence-electron chi connectivity index (χ3n) is 23.9. The summed E-state index contributed by atoms with van der Waals surface area (Å²) in [4.78, 5) is 8.54. The fourth-order valence-corrected chi connectivity index (χ4v) is 19.2. The molecule has 0 bridgehead atoms. The van der Waals surface area contributed by atoms with Gasteiger partial charge in [0.05, 0.1) is 15.9 Å². The average molecular weight is 1110 g/mol. The van der Waals surface area contributed by atoms with Crippen LogP contribution in [-0.4, -0.2) is 12.3 Å².